The number of aromatic nitrogens is 2. The van der Waals surface area contributed by atoms with Crippen LogP contribution in [-0.4, -0.2) is 65.7 Å². The molecular formula is C22H31N5O2. The minimum atomic E-state index is 0.128. The predicted molar refractivity (Wildman–Crippen MR) is 113 cm³/mol. The van der Waals surface area contributed by atoms with Gasteiger partial charge in [0.25, 0.3) is 0 Å². The molecule has 4 rings (SSSR count). The van der Waals surface area contributed by atoms with Gasteiger partial charge in [-0.25, -0.2) is 4.99 Å². The van der Waals surface area contributed by atoms with Gasteiger partial charge in [0.1, 0.15) is 6.10 Å². The van der Waals surface area contributed by atoms with Gasteiger partial charge in [-0.1, -0.05) is 30.3 Å². The highest BCUT2D eigenvalue weighted by atomic mass is 16.5. The Morgan fingerprint density at radius 1 is 1.17 bits per heavy atom. The molecule has 1 aromatic carbocycles. The lowest BCUT2D eigenvalue weighted by atomic mass is 10.1. The number of nitrogens with zero attached hydrogens (tertiary/aromatic N) is 4. The summed E-state index contributed by atoms with van der Waals surface area (Å²) < 4.78 is 13.8. The number of nitrogens with one attached hydrogen (secondary N) is 1. The van der Waals surface area contributed by atoms with Crippen LogP contribution in [0.4, 0.5) is 0 Å². The molecule has 0 radical (unpaired) electrons. The lowest BCUT2D eigenvalue weighted by Gasteiger charge is -2.37. The Morgan fingerprint density at radius 3 is 2.83 bits per heavy atom. The summed E-state index contributed by atoms with van der Waals surface area (Å²) in [7, 11) is 0. The molecule has 2 unspecified atom stereocenters. The Kier molecular flexibility index (Phi) is 6.79. The van der Waals surface area contributed by atoms with Gasteiger partial charge >= 0.3 is 0 Å². The van der Waals surface area contributed by atoms with Crippen molar-refractivity contribution in [1.29, 1.82) is 0 Å². The molecule has 2 saturated heterocycles. The van der Waals surface area contributed by atoms with E-state index in [1.54, 1.807) is 0 Å². The van der Waals surface area contributed by atoms with E-state index in [4.69, 9.17) is 14.5 Å². The zero-order chi connectivity index (χ0) is 19.9. The summed E-state index contributed by atoms with van der Waals surface area (Å²) >= 11 is 0. The summed E-state index contributed by atoms with van der Waals surface area (Å²) in [4.78, 5) is 7.17. The van der Waals surface area contributed by atoms with Crippen molar-refractivity contribution in [1.82, 2.24) is 20.0 Å². The van der Waals surface area contributed by atoms with Crippen LogP contribution in [0, 0.1) is 0 Å². The molecule has 3 heterocycles. The molecule has 2 fully saturated rings. The highest BCUT2D eigenvalue weighted by molar-refractivity contribution is 5.80. The van der Waals surface area contributed by atoms with Crippen LogP contribution in [0.1, 0.15) is 30.9 Å². The van der Waals surface area contributed by atoms with E-state index in [0.29, 0.717) is 13.2 Å². The van der Waals surface area contributed by atoms with Crippen molar-refractivity contribution in [3.63, 3.8) is 0 Å². The average Bonchev–Trinajstić information content (AvgIpc) is 3.44. The molecule has 2 aromatic rings. The van der Waals surface area contributed by atoms with Crippen LogP contribution in [0.3, 0.4) is 0 Å². The second-order valence-corrected chi connectivity index (χ2v) is 7.61. The summed E-state index contributed by atoms with van der Waals surface area (Å²) in [5.74, 6) is 0.939. The molecule has 0 amide bonds. The van der Waals surface area contributed by atoms with Crippen molar-refractivity contribution >= 4 is 5.96 Å². The number of morpholine rings is 1. The van der Waals surface area contributed by atoms with Crippen LogP contribution in [0.5, 0.6) is 0 Å². The largest absolute Gasteiger partial charge is 0.375 e. The fourth-order valence-electron chi connectivity index (χ4n) is 3.93. The summed E-state index contributed by atoms with van der Waals surface area (Å²) in [6, 6.07) is 10.4. The number of ether oxygens (including phenoxy) is 2. The third-order valence-electron chi connectivity index (χ3n) is 5.39. The monoisotopic (exact) mass is 397 g/mol. The molecule has 7 heteroatoms. The lowest BCUT2D eigenvalue weighted by molar-refractivity contribution is -0.0817. The van der Waals surface area contributed by atoms with Crippen molar-refractivity contribution in [3.8, 4) is 0 Å². The molecule has 0 spiro atoms. The Balaban J connectivity index is 1.38. The number of hydrogen-bond acceptors (Lipinski definition) is 4. The van der Waals surface area contributed by atoms with Gasteiger partial charge in [-0.2, -0.15) is 5.10 Å². The zero-order valence-electron chi connectivity index (χ0n) is 17.2. The zero-order valence-corrected chi connectivity index (χ0v) is 17.2. The normalized spacial score (nSPS) is 22.8. The highest BCUT2D eigenvalue weighted by Gasteiger charge is 2.32. The van der Waals surface area contributed by atoms with Gasteiger partial charge in [0, 0.05) is 38.0 Å². The number of guanidine groups is 1. The molecule has 0 aliphatic carbocycles. The Hall–Kier alpha value is -2.38. The van der Waals surface area contributed by atoms with E-state index in [9.17, 15) is 0 Å². The third kappa shape index (κ3) is 5.36. The molecule has 2 aliphatic heterocycles. The van der Waals surface area contributed by atoms with Crippen molar-refractivity contribution in [2.75, 3.05) is 32.8 Å². The topological polar surface area (TPSA) is 63.9 Å². The first kappa shape index (κ1) is 19.9. The Morgan fingerprint density at radius 2 is 2.03 bits per heavy atom. The van der Waals surface area contributed by atoms with Crippen LogP contribution >= 0.6 is 0 Å². The molecule has 1 aromatic heterocycles. The molecule has 1 N–H and O–H groups in total. The van der Waals surface area contributed by atoms with Crippen LogP contribution in [0.15, 0.2) is 47.7 Å². The number of rotatable bonds is 6. The summed E-state index contributed by atoms with van der Waals surface area (Å²) in [6.45, 7) is 7.57. The lowest BCUT2D eigenvalue weighted by Crippen LogP contribution is -2.53. The molecule has 0 bridgehead atoms. The van der Waals surface area contributed by atoms with Crippen LogP contribution in [0.25, 0.3) is 0 Å². The third-order valence-corrected chi connectivity index (χ3v) is 5.39. The van der Waals surface area contributed by atoms with Gasteiger partial charge in [-0.15, -0.1) is 0 Å². The van der Waals surface area contributed by atoms with Gasteiger partial charge in [0.05, 0.1) is 32.0 Å². The first-order valence-electron chi connectivity index (χ1n) is 10.6. The van der Waals surface area contributed by atoms with E-state index in [2.05, 4.69) is 52.7 Å². The first-order valence-corrected chi connectivity index (χ1v) is 10.6. The second kappa shape index (κ2) is 9.89. The molecule has 7 nitrogen and oxygen atoms in total. The quantitative estimate of drug-likeness (QED) is 0.598. The SMILES string of the molecule is CCNC(=NCc1cnn(Cc2ccccc2)c1)N1CCOC(C2CCCO2)C1. The van der Waals surface area contributed by atoms with Gasteiger partial charge in [0.15, 0.2) is 5.96 Å². The highest BCUT2D eigenvalue weighted by Crippen LogP contribution is 2.21. The van der Waals surface area contributed by atoms with Gasteiger partial charge < -0.3 is 19.7 Å². The average molecular weight is 398 g/mol. The predicted octanol–water partition coefficient (Wildman–Crippen LogP) is 2.28. The smallest absolute Gasteiger partial charge is 0.194 e. The molecular weight excluding hydrogens is 366 g/mol. The van der Waals surface area contributed by atoms with Crippen LogP contribution < -0.4 is 5.32 Å². The van der Waals surface area contributed by atoms with E-state index < -0.39 is 0 Å². The van der Waals surface area contributed by atoms with E-state index in [-0.39, 0.29) is 12.2 Å². The molecule has 2 aliphatic rings. The van der Waals surface area contributed by atoms with Crippen LogP contribution in [0.2, 0.25) is 0 Å². The fourth-order valence-corrected chi connectivity index (χ4v) is 3.93. The van der Waals surface area contributed by atoms with E-state index >= 15 is 0 Å². The van der Waals surface area contributed by atoms with Gasteiger partial charge in [-0.3, -0.25) is 4.68 Å². The Labute approximate surface area is 172 Å². The Bertz CT molecular complexity index is 786. The second-order valence-electron chi connectivity index (χ2n) is 7.61. The van der Waals surface area contributed by atoms with Gasteiger partial charge in [0.2, 0.25) is 0 Å². The minimum Gasteiger partial charge on any atom is -0.375 e. The van der Waals surface area contributed by atoms with Crippen molar-refractivity contribution in [3.05, 3.63) is 53.9 Å². The molecule has 0 saturated carbocycles. The van der Waals surface area contributed by atoms with Crippen molar-refractivity contribution in [2.45, 2.75) is 45.1 Å². The molecule has 2 atom stereocenters. The first-order chi connectivity index (χ1) is 14.3. The maximum atomic E-state index is 5.98. The van der Waals surface area contributed by atoms with Crippen LogP contribution in [-0.2, 0) is 22.6 Å². The van der Waals surface area contributed by atoms with E-state index in [1.165, 1.54) is 5.56 Å². The maximum Gasteiger partial charge on any atom is 0.194 e. The summed E-state index contributed by atoms with van der Waals surface area (Å²) in [5, 5.41) is 7.92. The number of aliphatic imine (C=N–C) groups is 1. The molecule has 156 valence electrons. The standard InChI is InChI=1S/C22H31N5O2/c1-2-23-22(26-10-12-29-21(17-26)20-9-6-11-28-20)24-13-19-14-25-27(16-19)15-18-7-4-3-5-8-18/h3-5,7-8,14,16,20-21H,2,6,9-13,15,17H2,1H3,(H,23,24). The van der Waals surface area contributed by atoms with E-state index in [0.717, 1.165) is 57.2 Å². The number of hydrogen-bond donors (Lipinski definition) is 1. The maximum absolute atomic E-state index is 5.98. The van der Waals surface area contributed by atoms with Gasteiger partial charge in [-0.05, 0) is 25.3 Å². The van der Waals surface area contributed by atoms with E-state index in [1.807, 2.05) is 16.9 Å². The summed E-state index contributed by atoms with van der Waals surface area (Å²) in [5.41, 5.74) is 2.35. The van der Waals surface area contributed by atoms with Crippen molar-refractivity contribution in [2.24, 2.45) is 4.99 Å². The minimum absolute atomic E-state index is 0.128. The van der Waals surface area contributed by atoms with Crippen molar-refractivity contribution < 1.29 is 9.47 Å². The molecule has 29 heavy (non-hydrogen) atoms. The number of benzene rings is 1. The fraction of sp³-hybridized carbons (Fsp3) is 0.545. The summed E-state index contributed by atoms with van der Waals surface area (Å²) in [6.07, 6.45) is 6.55.